The standard InChI is InChI=1S/C20H21F3N2O5S/c1-11-9-29-18(24-11)19-7-13(19)8-25(10-19)17(26)15-6-14(31(3,27)28)4-5-16(15)30-12(2)20(21,22)23/h4-6,9,12-13H,7-8,10H2,1-3H3/t12-,13?,19+/m1/s1. The number of aryl methyl sites for hydroxylation is 1. The zero-order valence-electron chi connectivity index (χ0n) is 17.1. The number of likely N-dealkylation sites (tertiary alicyclic amines) is 1. The van der Waals surface area contributed by atoms with Gasteiger partial charge in [-0.15, -0.1) is 0 Å². The van der Waals surface area contributed by atoms with Gasteiger partial charge in [0.2, 0.25) is 5.89 Å². The van der Waals surface area contributed by atoms with Crippen molar-refractivity contribution in [2.75, 3.05) is 19.3 Å². The van der Waals surface area contributed by atoms with Gasteiger partial charge >= 0.3 is 6.18 Å². The van der Waals surface area contributed by atoms with Gasteiger partial charge < -0.3 is 14.1 Å². The number of carbonyl (C=O) groups excluding carboxylic acids is 1. The number of carbonyl (C=O) groups is 1. The SMILES string of the molecule is Cc1coc([C@]23CC2CN(C(=O)c2cc(S(C)(=O)=O)ccc2O[C@H](C)C(F)(F)F)C3)n1. The predicted octanol–water partition coefficient (Wildman–Crippen LogP) is 3.13. The van der Waals surface area contributed by atoms with E-state index in [9.17, 15) is 26.4 Å². The van der Waals surface area contributed by atoms with E-state index >= 15 is 0 Å². The van der Waals surface area contributed by atoms with Crippen LogP contribution in [0.2, 0.25) is 0 Å². The minimum Gasteiger partial charge on any atom is -0.480 e. The predicted molar refractivity (Wildman–Crippen MR) is 103 cm³/mol. The zero-order chi connectivity index (χ0) is 22.8. The fourth-order valence-corrected chi connectivity index (χ4v) is 4.64. The summed E-state index contributed by atoms with van der Waals surface area (Å²) in [6.45, 7) is 3.27. The number of aromatic nitrogens is 1. The Morgan fingerprint density at radius 3 is 2.68 bits per heavy atom. The molecule has 0 bridgehead atoms. The number of nitrogens with zero attached hydrogens (tertiary/aromatic N) is 2. The molecule has 2 heterocycles. The van der Waals surface area contributed by atoms with Gasteiger partial charge in [0.25, 0.3) is 5.91 Å². The lowest BCUT2D eigenvalue weighted by molar-refractivity contribution is -0.189. The molecule has 7 nitrogen and oxygen atoms in total. The second-order valence-electron chi connectivity index (χ2n) is 8.27. The highest BCUT2D eigenvalue weighted by Gasteiger charge is 2.65. The summed E-state index contributed by atoms with van der Waals surface area (Å²) in [6.07, 6.45) is -3.52. The van der Waals surface area contributed by atoms with Gasteiger partial charge in [-0.25, -0.2) is 13.4 Å². The second kappa shape index (κ2) is 6.98. The number of benzene rings is 1. The van der Waals surface area contributed by atoms with Crippen molar-refractivity contribution in [2.24, 2.45) is 5.92 Å². The maximum absolute atomic E-state index is 13.2. The summed E-state index contributed by atoms with van der Waals surface area (Å²) < 4.78 is 73.4. The summed E-state index contributed by atoms with van der Waals surface area (Å²) in [7, 11) is -3.68. The van der Waals surface area contributed by atoms with E-state index in [-0.39, 0.29) is 28.7 Å². The molecule has 11 heteroatoms. The molecule has 31 heavy (non-hydrogen) atoms. The van der Waals surface area contributed by atoms with Crippen molar-refractivity contribution in [2.45, 2.75) is 42.9 Å². The highest BCUT2D eigenvalue weighted by Crippen LogP contribution is 2.58. The molecule has 2 aliphatic rings. The number of rotatable bonds is 5. The van der Waals surface area contributed by atoms with Crippen LogP contribution in [-0.4, -0.2) is 55.8 Å². The zero-order valence-corrected chi connectivity index (χ0v) is 17.9. The van der Waals surface area contributed by atoms with E-state index in [4.69, 9.17) is 9.15 Å². The number of piperidine rings is 1. The average molecular weight is 458 g/mol. The molecular formula is C20H21F3N2O5S. The number of halogens is 3. The van der Waals surface area contributed by atoms with Crippen LogP contribution in [0.4, 0.5) is 13.2 Å². The molecule has 1 aromatic carbocycles. The first-order valence-electron chi connectivity index (χ1n) is 9.60. The van der Waals surface area contributed by atoms with Crippen LogP contribution in [0.5, 0.6) is 5.75 Å². The maximum Gasteiger partial charge on any atom is 0.425 e. The Balaban J connectivity index is 1.65. The minimum atomic E-state index is -4.64. The lowest BCUT2D eigenvalue weighted by Gasteiger charge is -2.24. The highest BCUT2D eigenvalue weighted by molar-refractivity contribution is 7.90. The Kier molecular flexibility index (Phi) is 4.87. The summed E-state index contributed by atoms with van der Waals surface area (Å²) in [6, 6.07) is 3.29. The van der Waals surface area contributed by atoms with Crippen LogP contribution in [0.1, 0.15) is 35.3 Å². The topological polar surface area (TPSA) is 89.7 Å². The van der Waals surface area contributed by atoms with E-state index in [1.165, 1.54) is 11.2 Å². The number of oxazole rings is 1. The van der Waals surface area contributed by atoms with Gasteiger partial charge in [0, 0.05) is 19.3 Å². The second-order valence-corrected chi connectivity index (χ2v) is 10.3. The van der Waals surface area contributed by atoms with Crippen LogP contribution < -0.4 is 4.74 Å². The van der Waals surface area contributed by atoms with Gasteiger partial charge in [-0.2, -0.15) is 13.2 Å². The molecule has 1 aromatic heterocycles. The fourth-order valence-electron chi connectivity index (χ4n) is 3.99. The Labute approximate surface area is 177 Å². The van der Waals surface area contributed by atoms with Crippen molar-refractivity contribution in [3.05, 3.63) is 41.6 Å². The molecule has 1 saturated heterocycles. The molecule has 1 amide bonds. The lowest BCUT2D eigenvalue weighted by Crippen LogP contribution is -2.35. The van der Waals surface area contributed by atoms with Crippen LogP contribution in [0.15, 0.2) is 33.8 Å². The first-order valence-corrected chi connectivity index (χ1v) is 11.5. The third-order valence-corrected chi connectivity index (χ3v) is 6.96. The molecule has 1 aliphatic heterocycles. The molecule has 4 rings (SSSR count). The first kappa shape index (κ1) is 21.7. The van der Waals surface area contributed by atoms with E-state index < -0.39 is 33.4 Å². The normalized spacial score (nSPS) is 24.1. The van der Waals surface area contributed by atoms with Gasteiger partial charge in [0.1, 0.15) is 12.0 Å². The van der Waals surface area contributed by atoms with E-state index in [1.807, 2.05) is 0 Å². The summed E-state index contributed by atoms with van der Waals surface area (Å²) in [5.41, 5.74) is 0.0927. The number of hydrogen-bond acceptors (Lipinski definition) is 6. The molecular weight excluding hydrogens is 437 g/mol. The van der Waals surface area contributed by atoms with Crippen LogP contribution in [-0.2, 0) is 15.3 Å². The fraction of sp³-hybridized carbons (Fsp3) is 0.500. The van der Waals surface area contributed by atoms with Crippen LogP contribution in [0.25, 0.3) is 0 Å². The number of ether oxygens (including phenoxy) is 1. The summed E-state index contributed by atoms with van der Waals surface area (Å²) in [4.78, 5) is 18.9. The Morgan fingerprint density at radius 2 is 2.10 bits per heavy atom. The van der Waals surface area contributed by atoms with Crippen molar-refractivity contribution in [3.8, 4) is 5.75 Å². The van der Waals surface area contributed by atoms with Crippen molar-refractivity contribution >= 4 is 15.7 Å². The molecule has 0 spiro atoms. The third-order valence-electron chi connectivity index (χ3n) is 5.85. The quantitative estimate of drug-likeness (QED) is 0.684. The number of amides is 1. The molecule has 1 aliphatic carbocycles. The summed E-state index contributed by atoms with van der Waals surface area (Å²) >= 11 is 0. The summed E-state index contributed by atoms with van der Waals surface area (Å²) in [5, 5.41) is 0. The number of fused-ring (bicyclic) bond motifs is 1. The Bertz CT molecular complexity index is 1140. The van der Waals surface area contributed by atoms with Crippen molar-refractivity contribution in [1.82, 2.24) is 9.88 Å². The largest absolute Gasteiger partial charge is 0.480 e. The molecule has 1 saturated carbocycles. The molecule has 3 atom stereocenters. The van der Waals surface area contributed by atoms with Gasteiger partial charge in [0.05, 0.1) is 21.6 Å². The van der Waals surface area contributed by atoms with Gasteiger partial charge in [0.15, 0.2) is 15.9 Å². The van der Waals surface area contributed by atoms with Crippen molar-refractivity contribution in [3.63, 3.8) is 0 Å². The first-order chi connectivity index (χ1) is 14.3. The van der Waals surface area contributed by atoms with Gasteiger partial charge in [-0.05, 0) is 44.4 Å². The number of sulfone groups is 1. The minimum absolute atomic E-state index is 0.131. The van der Waals surface area contributed by atoms with Crippen LogP contribution in [0, 0.1) is 12.8 Å². The average Bonchev–Trinajstić information content (AvgIpc) is 2.99. The van der Waals surface area contributed by atoms with Crippen molar-refractivity contribution in [1.29, 1.82) is 0 Å². The third kappa shape index (κ3) is 3.90. The van der Waals surface area contributed by atoms with Gasteiger partial charge in [-0.1, -0.05) is 0 Å². The monoisotopic (exact) mass is 458 g/mol. The van der Waals surface area contributed by atoms with Crippen LogP contribution in [0.3, 0.4) is 0 Å². The van der Waals surface area contributed by atoms with Gasteiger partial charge in [-0.3, -0.25) is 4.79 Å². The van der Waals surface area contributed by atoms with E-state index in [2.05, 4.69) is 4.98 Å². The van der Waals surface area contributed by atoms with E-state index in [0.717, 1.165) is 43.5 Å². The lowest BCUT2D eigenvalue weighted by atomic mass is 10.1. The van der Waals surface area contributed by atoms with Crippen molar-refractivity contribution < 1.29 is 35.5 Å². The smallest absolute Gasteiger partial charge is 0.425 e. The Morgan fingerprint density at radius 1 is 1.39 bits per heavy atom. The van der Waals surface area contributed by atoms with E-state index in [0.29, 0.717) is 12.4 Å². The molecule has 0 radical (unpaired) electrons. The molecule has 168 valence electrons. The molecule has 2 fully saturated rings. The highest BCUT2D eigenvalue weighted by atomic mass is 32.2. The van der Waals surface area contributed by atoms with E-state index in [1.54, 1.807) is 6.92 Å². The van der Waals surface area contributed by atoms with Crippen LogP contribution >= 0.6 is 0 Å². The number of hydrogen-bond donors (Lipinski definition) is 0. The maximum atomic E-state index is 13.2. The molecule has 1 unspecified atom stereocenters. The summed E-state index contributed by atoms with van der Waals surface area (Å²) in [5.74, 6) is -0.239. The molecule has 0 N–H and O–H groups in total. The number of alkyl halides is 3. The Hall–Kier alpha value is -2.56. The molecule has 2 aromatic rings.